The average molecular weight is 453 g/mol. The first-order chi connectivity index (χ1) is 15.4. The summed E-state index contributed by atoms with van der Waals surface area (Å²) in [6.45, 7) is 2.39. The number of rotatable bonds is 4. The molecule has 5 rings (SSSR count). The van der Waals surface area contributed by atoms with Crippen LogP contribution in [0.5, 0.6) is 0 Å². The van der Waals surface area contributed by atoms with Crippen LogP contribution in [-0.2, 0) is 13.5 Å². The molecule has 3 aromatic heterocycles. The first-order valence-corrected chi connectivity index (χ1v) is 11.2. The molecule has 1 fully saturated rings. The van der Waals surface area contributed by atoms with Gasteiger partial charge in [-0.25, -0.2) is 14.4 Å². The van der Waals surface area contributed by atoms with Crippen molar-refractivity contribution in [3.05, 3.63) is 80.6 Å². The van der Waals surface area contributed by atoms with E-state index >= 15 is 0 Å². The minimum Gasteiger partial charge on any atom is -0.443 e. The van der Waals surface area contributed by atoms with Crippen molar-refractivity contribution in [2.45, 2.75) is 32.2 Å². The second kappa shape index (κ2) is 7.98. The molecule has 4 heterocycles. The number of oxazole rings is 1. The normalized spacial score (nSPS) is 16.2. The first kappa shape index (κ1) is 20.6. The molecule has 9 heteroatoms. The molecule has 1 aromatic carbocycles. The molecule has 4 aromatic rings. The van der Waals surface area contributed by atoms with Crippen LogP contribution in [0.1, 0.15) is 51.3 Å². The van der Waals surface area contributed by atoms with Crippen LogP contribution in [0.25, 0.3) is 10.2 Å². The fraction of sp³-hybridized carbons (Fsp3) is 0.304. The highest BCUT2D eigenvalue weighted by atomic mass is 32.1. The number of amides is 1. The van der Waals surface area contributed by atoms with Crippen LogP contribution in [-0.4, -0.2) is 31.9 Å². The predicted molar refractivity (Wildman–Crippen MR) is 118 cm³/mol. The van der Waals surface area contributed by atoms with Gasteiger partial charge in [0.15, 0.2) is 0 Å². The molecule has 1 amide bonds. The number of aromatic nitrogens is 3. The molecule has 7 nitrogen and oxygen atoms in total. The van der Waals surface area contributed by atoms with E-state index in [-0.39, 0.29) is 23.3 Å². The quantitative estimate of drug-likeness (QED) is 0.468. The van der Waals surface area contributed by atoms with Crippen LogP contribution in [0.3, 0.4) is 0 Å². The molecule has 1 saturated heterocycles. The van der Waals surface area contributed by atoms with Gasteiger partial charge >= 0.3 is 0 Å². The third-order valence-corrected chi connectivity index (χ3v) is 7.05. The van der Waals surface area contributed by atoms with E-state index in [4.69, 9.17) is 4.42 Å². The molecule has 164 valence electrons. The number of halogens is 1. The van der Waals surface area contributed by atoms with E-state index in [1.165, 1.54) is 34.4 Å². The number of thiophene rings is 1. The van der Waals surface area contributed by atoms with Gasteiger partial charge in [-0.1, -0.05) is 12.1 Å². The molecule has 0 N–H and O–H groups in total. The lowest BCUT2D eigenvalue weighted by Crippen LogP contribution is -2.30. The maximum atomic E-state index is 13.4. The predicted octanol–water partition coefficient (Wildman–Crippen LogP) is 4.00. The second-order valence-corrected chi connectivity index (χ2v) is 9.02. The summed E-state index contributed by atoms with van der Waals surface area (Å²) in [4.78, 5) is 37.6. The summed E-state index contributed by atoms with van der Waals surface area (Å²) in [6, 6.07) is 6.00. The minimum atomic E-state index is -0.281. The fourth-order valence-electron chi connectivity index (χ4n) is 4.17. The third-order valence-electron chi connectivity index (χ3n) is 5.87. The Labute approximate surface area is 187 Å². The maximum absolute atomic E-state index is 13.4. The van der Waals surface area contributed by atoms with Crippen molar-refractivity contribution in [1.82, 2.24) is 19.4 Å². The van der Waals surface area contributed by atoms with Gasteiger partial charge in [-0.2, -0.15) is 0 Å². The number of benzene rings is 1. The number of likely N-dealkylation sites (tertiary alicyclic amines) is 1. The third kappa shape index (κ3) is 3.52. The number of hydrogen-bond acceptors (Lipinski definition) is 6. The van der Waals surface area contributed by atoms with E-state index in [0.717, 1.165) is 18.4 Å². The highest BCUT2D eigenvalue weighted by Crippen LogP contribution is 2.36. The van der Waals surface area contributed by atoms with Gasteiger partial charge in [-0.15, -0.1) is 11.3 Å². The van der Waals surface area contributed by atoms with E-state index in [0.29, 0.717) is 45.3 Å². The molecule has 1 aliphatic rings. The molecule has 0 saturated carbocycles. The summed E-state index contributed by atoms with van der Waals surface area (Å²) in [5, 5.41) is 0.497. The van der Waals surface area contributed by atoms with Crippen LogP contribution in [0.15, 0.2) is 46.0 Å². The van der Waals surface area contributed by atoms with Crippen molar-refractivity contribution in [2.24, 2.45) is 7.05 Å². The molecule has 1 aliphatic heterocycles. The summed E-state index contributed by atoms with van der Waals surface area (Å²) in [6.07, 6.45) is 5.24. The molecule has 0 bridgehead atoms. The Morgan fingerprint density at radius 2 is 2.06 bits per heavy atom. The van der Waals surface area contributed by atoms with Gasteiger partial charge in [0, 0.05) is 20.0 Å². The smallest absolute Gasteiger partial charge is 0.264 e. The number of fused-ring (bicyclic) bond motifs is 1. The van der Waals surface area contributed by atoms with Crippen LogP contribution in [0.4, 0.5) is 4.39 Å². The minimum absolute atomic E-state index is 0.131. The van der Waals surface area contributed by atoms with Crippen molar-refractivity contribution >= 4 is 27.5 Å². The van der Waals surface area contributed by atoms with Crippen molar-refractivity contribution in [2.75, 3.05) is 6.54 Å². The summed E-state index contributed by atoms with van der Waals surface area (Å²) >= 11 is 1.25. The molecule has 0 spiro atoms. The molecule has 32 heavy (non-hydrogen) atoms. The van der Waals surface area contributed by atoms with Crippen molar-refractivity contribution in [1.29, 1.82) is 0 Å². The zero-order valence-corrected chi connectivity index (χ0v) is 18.5. The molecule has 0 unspecified atom stereocenters. The Bertz CT molecular complexity index is 1370. The van der Waals surface area contributed by atoms with E-state index in [9.17, 15) is 14.0 Å². The highest BCUT2D eigenvalue weighted by Gasteiger charge is 2.35. The van der Waals surface area contributed by atoms with Crippen molar-refractivity contribution < 1.29 is 13.6 Å². The number of carbonyl (C=O) groups excluding carboxylic acids is 1. The van der Waals surface area contributed by atoms with Crippen LogP contribution in [0, 0.1) is 12.7 Å². The summed E-state index contributed by atoms with van der Waals surface area (Å²) in [5.41, 5.74) is 1.43. The Hall–Kier alpha value is -3.33. The van der Waals surface area contributed by atoms with Crippen LogP contribution in [0.2, 0.25) is 0 Å². The molecule has 0 aliphatic carbocycles. The molecule has 0 radical (unpaired) electrons. The van der Waals surface area contributed by atoms with Crippen LogP contribution < -0.4 is 5.56 Å². The van der Waals surface area contributed by atoms with Crippen molar-refractivity contribution in [3.63, 3.8) is 0 Å². The highest BCUT2D eigenvalue weighted by molar-refractivity contribution is 7.20. The van der Waals surface area contributed by atoms with E-state index in [2.05, 4.69) is 9.97 Å². The zero-order valence-electron chi connectivity index (χ0n) is 17.7. The lowest BCUT2D eigenvalue weighted by Gasteiger charge is -2.22. The topological polar surface area (TPSA) is 81.2 Å². The summed E-state index contributed by atoms with van der Waals surface area (Å²) in [7, 11) is 1.65. The van der Waals surface area contributed by atoms with E-state index in [1.807, 2.05) is 0 Å². The average Bonchev–Trinajstić information content (AvgIpc) is 3.51. The zero-order chi connectivity index (χ0) is 22.4. The number of hydrogen-bond donors (Lipinski definition) is 0. The van der Waals surface area contributed by atoms with Gasteiger partial charge in [0.05, 0.1) is 22.8 Å². The van der Waals surface area contributed by atoms with Gasteiger partial charge in [0.1, 0.15) is 22.4 Å². The Morgan fingerprint density at radius 3 is 2.84 bits per heavy atom. The molecular weight excluding hydrogens is 431 g/mol. The summed E-state index contributed by atoms with van der Waals surface area (Å²) < 4.78 is 20.5. The SMILES string of the molecule is Cc1c(C(=O)N2CCC[C@@H]2c2ncc(Cc3ccc(F)cc3)o2)sc2ncn(C)c(=O)c12. The Balaban J connectivity index is 1.41. The largest absolute Gasteiger partial charge is 0.443 e. The van der Waals surface area contributed by atoms with E-state index in [1.54, 1.807) is 37.2 Å². The lowest BCUT2D eigenvalue weighted by molar-refractivity contribution is 0.0719. The van der Waals surface area contributed by atoms with Gasteiger partial charge in [0.2, 0.25) is 5.89 Å². The Kier molecular flexibility index (Phi) is 5.13. The molecular formula is C23H21FN4O3S. The number of carbonyl (C=O) groups is 1. The van der Waals surface area contributed by atoms with Gasteiger partial charge in [-0.05, 0) is 43.0 Å². The fourth-order valence-corrected chi connectivity index (χ4v) is 5.27. The maximum Gasteiger partial charge on any atom is 0.264 e. The molecule has 1 atom stereocenters. The van der Waals surface area contributed by atoms with Crippen LogP contribution >= 0.6 is 11.3 Å². The monoisotopic (exact) mass is 452 g/mol. The van der Waals surface area contributed by atoms with Gasteiger partial charge < -0.3 is 13.9 Å². The number of nitrogens with zero attached hydrogens (tertiary/aromatic N) is 4. The Morgan fingerprint density at radius 1 is 1.28 bits per heavy atom. The second-order valence-electron chi connectivity index (χ2n) is 8.02. The van der Waals surface area contributed by atoms with E-state index < -0.39 is 0 Å². The standard InChI is InChI=1S/C23H21FN4O3S/c1-13-18-21(26-12-27(2)22(18)29)32-19(13)23(30)28-9-3-4-17(28)20-25-11-16(31-20)10-14-5-7-15(24)8-6-14/h5-8,11-12,17H,3-4,9-10H2,1-2H3/t17-/m1/s1. The van der Waals surface area contributed by atoms with Crippen molar-refractivity contribution in [3.8, 4) is 0 Å². The van der Waals surface area contributed by atoms with Gasteiger partial charge in [-0.3, -0.25) is 9.59 Å². The van der Waals surface area contributed by atoms with Gasteiger partial charge in [0.25, 0.3) is 11.5 Å². The lowest BCUT2D eigenvalue weighted by atomic mass is 10.1. The summed E-state index contributed by atoms with van der Waals surface area (Å²) in [5.74, 6) is 0.752. The first-order valence-electron chi connectivity index (χ1n) is 10.4. The number of aryl methyl sites for hydroxylation is 2.